The number of aromatic nitrogens is 2. The summed E-state index contributed by atoms with van der Waals surface area (Å²) in [5.41, 5.74) is -0.0494. The summed E-state index contributed by atoms with van der Waals surface area (Å²) in [5.74, 6) is 0. The molecule has 0 aliphatic rings. The maximum atomic E-state index is 12.6. The van der Waals surface area contributed by atoms with Gasteiger partial charge in [0.15, 0.2) is 0 Å². The van der Waals surface area contributed by atoms with Gasteiger partial charge < -0.3 is 17.5 Å². The van der Waals surface area contributed by atoms with Crippen LogP contribution in [-0.2, 0) is 7.05 Å². The molecule has 0 unspecified atom stereocenters. The van der Waals surface area contributed by atoms with E-state index in [2.05, 4.69) is 4.98 Å². The van der Waals surface area contributed by atoms with Crippen LogP contribution in [0.5, 0.6) is 0 Å². The third-order valence-electron chi connectivity index (χ3n) is 2.18. The molecule has 0 fully saturated rings. The summed E-state index contributed by atoms with van der Waals surface area (Å²) in [6.07, 6.45) is 3.90. The summed E-state index contributed by atoms with van der Waals surface area (Å²) in [4.78, 5) is 3.79. The van der Waals surface area contributed by atoms with Gasteiger partial charge in [0.05, 0.1) is 11.7 Å². The van der Waals surface area contributed by atoms with Gasteiger partial charge in [0.2, 0.25) is 0 Å². The molecule has 2 rings (SSSR count). The van der Waals surface area contributed by atoms with Crippen LogP contribution in [0.25, 0.3) is 10.9 Å². The molecule has 0 N–H and O–H groups in total. The summed E-state index contributed by atoms with van der Waals surface area (Å²) in [6, 6.07) is 1.39. The Morgan fingerprint density at radius 3 is 2.60 bits per heavy atom. The standard InChI is InChI=1S/C8H7BF3N2.K/c1-14-5-7(9(10,11)12)6-2-3-13-4-8(6)14;/h2-5H,1H3;/q-1;+1. The fourth-order valence-electron chi connectivity index (χ4n) is 1.52. The molecule has 74 valence electrons. The molecule has 0 aromatic carbocycles. The Morgan fingerprint density at radius 1 is 1.33 bits per heavy atom. The topological polar surface area (TPSA) is 17.8 Å². The monoisotopic (exact) mass is 238 g/mol. The number of aryl methyl sites for hydroxylation is 1. The van der Waals surface area contributed by atoms with Crippen LogP contribution in [0, 0.1) is 0 Å². The van der Waals surface area contributed by atoms with Gasteiger partial charge in [-0.05, 0) is 17.6 Å². The van der Waals surface area contributed by atoms with Crippen LogP contribution in [0.4, 0.5) is 12.9 Å². The average molecular weight is 238 g/mol. The van der Waals surface area contributed by atoms with E-state index in [0.29, 0.717) is 5.52 Å². The Bertz CT molecular complexity index is 480. The fourth-order valence-corrected chi connectivity index (χ4v) is 1.52. The van der Waals surface area contributed by atoms with E-state index in [1.165, 1.54) is 23.0 Å². The first kappa shape index (κ1) is 13.2. The normalized spacial score (nSPS) is 11.5. The van der Waals surface area contributed by atoms with Gasteiger partial charge in [0.25, 0.3) is 0 Å². The van der Waals surface area contributed by atoms with Crippen molar-refractivity contribution in [3.8, 4) is 0 Å². The molecule has 7 heteroatoms. The smallest absolute Gasteiger partial charge is 0.445 e. The largest absolute Gasteiger partial charge is 1.00 e. The molecule has 0 aliphatic heterocycles. The van der Waals surface area contributed by atoms with Crippen molar-refractivity contribution in [2.45, 2.75) is 0 Å². The van der Waals surface area contributed by atoms with Crippen molar-refractivity contribution in [1.82, 2.24) is 9.55 Å². The number of hydrogen-bond donors (Lipinski definition) is 0. The first-order chi connectivity index (χ1) is 6.50. The van der Waals surface area contributed by atoms with Gasteiger partial charge in [-0.1, -0.05) is 5.46 Å². The van der Waals surface area contributed by atoms with Crippen molar-refractivity contribution in [3.05, 3.63) is 24.7 Å². The van der Waals surface area contributed by atoms with Crippen LogP contribution in [0.1, 0.15) is 0 Å². The van der Waals surface area contributed by atoms with Crippen molar-refractivity contribution >= 4 is 23.3 Å². The average Bonchev–Trinajstić information content (AvgIpc) is 2.44. The summed E-state index contributed by atoms with van der Waals surface area (Å²) in [7, 11) is 1.58. The number of fused-ring (bicyclic) bond motifs is 1. The Kier molecular flexibility index (Phi) is 4.05. The van der Waals surface area contributed by atoms with Gasteiger partial charge in [0, 0.05) is 13.2 Å². The van der Waals surface area contributed by atoms with Gasteiger partial charge in [0.1, 0.15) is 0 Å². The Balaban J connectivity index is 0.00000112. The SMILES string of the molecule is Cn1cc([B-](F)(F)F)c2ccncc21.[K+]. The zero-order valence-electron chi connectivity index (χ0n) is 8.42. The first-order valence-electron chi connectivity index (χ1n) is 4.09. The predicted molar refractivity (Wildman–Crippen MR) is 49.4 cm³/mol. The summed E-state index contributed by atoms with van der Waals surface area (Å²) in [5, 5.41) is 0.218. The van der Waals surface area contributed by atoms with E-state index in [0.717, 1.165) is 6.20 Å². The van der Waals surface area contributed by atoms with Crippen LogP contribution in [0.3, 0.4) is 0 Å². The van der Waals surface area contributed by atoms with Crippen molar-refractivity contribution < 1.29 is 64.3 Å². The van der Waals surface area contributed by atoms with Crippen LogP contribution < -0.4 is 56.8 Å². The second-order valence-corrected chi connectivity index (χ2v) is 3.16. The van der Waals surface area contributed by atoms with Crippen LogP contribution >= 0.6 is 0 Å². The molecule has 0 bridgehead atoms. The Hall–Kier alpha value is 0.181. The minimum atomic E-state index is -4.94. The minimum Gasteiger partial charge on any atom is -0.445 e. The van der Waals surface area contributed by atoms with Crippen molar-refractivity contribution in [3.63, 3.8) is 0 Å². The van der Waals surface area contributed by atoms with E-state index in [1.807, 2.05) is 0 Å². The van der Waals surface area contributed by atoms with Gasteiger partial charge in [-0.15, -0.1) is 0 Å². The van der Waals surface area contributed by atoms with Gasteiger partial charge in [-0.2, -0.15) is 0 Å². The van der Waals surface area contributed by atoms with E-state index < -0.39 is 12.4 Å². The van der Waals surface area contributed by atoms with E-state index in [-0.39, 0.29) is 56.8 Å². The minimum absolute atomic E-state index is 0. The molecule has 0 saturated heterocycles. The third kappa shape index (κ3) is 2.47. The number of hydrogen-bond acceptors (Lipinski definition) is 1. The molecule has 0 radical (unpaired) electrons. The predicted octanol–water partition coefficient (Wildman–Crippen LogP) is -1.37. The van der Waals surface area contributed by atoms with E-state index >= 15 is 0 Å². The van der Waals surface area contributed by atoms with E-state index in [1.54, 1.807) is 7.05 Å². The second-order valence-electron chi connectivity index (χ2n) is 3.16. The maximum absolute atomic E-state index is 12.6. The molecular formula is C8H7BF3KN2. The third-order valence-corrected chi connectivity index (χ3v) is 2.18. The first-order valence-corrected chi connectivity index (χ1v) is 4.09. The number of nitrogens with zero attached hydrogens (tertiary/aromatic N) is 2. The van der Waals surface area contributed by atoms with Crippen molar-refractivity contribution in [2.24, 2.45) is 7.05 Å². The summed E-state index contributed by atoms with van der Waals surface area (Å²) >= 11 is 0. The van der Waals surface area contributed by atoms with Crippen molar-refractivity contribution in [1.29, 1.82) is 0 Å². The number of rotatable bonds is 1. The number of pyridine rings is 1. The molecule has 2 nitrogen and oxygen atoms in total. The molecule has 2 heterocycles. The number of halogens is 3. The van der Waals surface area contributed by atoms with E-state index in [4.69, 9.17) is 0 Å². The molecule has 0 aliphatic carbocycles. The van der Waals surface area contributed by atoms with Crippen LogP contribution in [0.15, 0.2) is 24.7 Å². The molecule has 2 aromatic rings. The molecular weight excluding hydrogens is 231 g/mol. The zero-order valence-corrected chi connectivity index (χ0v) is 11.5. The Morgan fingerprint density at radius 2 is 2.00 bits per heavy atom. The summed E-state index contributed by atoms with van der Waals surface area (Å²) in [6.45, 7) is -4.94. The van der Waals surface area contributed by atoms with Crippen molar-refractivity contribution in [2.75, 3.05) is 0 Å². The van der Waals surface area contributed by atoms with E-state index in [9.17, 15) is 12.9 Å². The van der Waals surface area contributed by atoms with Crippen LogP contribution in [-0.4, -0.2) is 16.5 Å². The second kappa shape index (κ2) is 4.59. The molecule has 0 spiro atoms. The fraction of sp³-hybridized carbons (Fsp3) is 0.125. The molecule has 15 heavy (non-hydrogen) atoms. The van der Waals surface area contributed by atoms with Gasteiger partial charge in [-0.3, -0.25) is 4.98 Å². The molecule has 0 saturated carbocycles. The quantitative estimate of drug-likeness (QED) is 0.560. The summed E-state index contributed by atoms with van der Waals surface area (Å²) < 4.78 is 39.1. The maximum Gasteiger partial charge on any atom is 1.00 e. The van der Waals surface area contributed by atoms with Crippen LogP contribution in [0.2, 0.25) is 0 Å². The zero-order chi connectivity index (χ0) is 10.3. The van der Waals surface area contributed by atoms with Gasteiger partial charge in [-0.25, -0.2) is 0 Å². The molecule has 2 aromatic heterocycles. The van der Waals surface area contributed by atoms with Gasteiger partial charge >= 0.3 is 58.4 Å². The molecule has 0 atom stereocenters. The Labute approximate surface area is 127 Å². The molecule has 0 amide bonds.